The van der Waals surface area contributed by atoms with E-state index in [4.69, 9.17) is 9.47 Å². The number of nitrogens with one attached hydrogen (secondary N) is 1. The van der Waals surface area contributed by atoms with Gasteiger partial charge in [0.1, 0.15) is 5.75 Å². The SMILES string of the molecule is COc1ccc(C2=NN[C@@H](c3ccccc3O)C2)cc1OC. The second-order valence-corrected chi connectivity index (χ2v) is 5.07. The summed E-state index contributed by atoms with van der Waals surface area (Å²) in [6.07, 6.45) is 0.701. The first kappa shape index (κ1) is 14.3. The zero-order valence-electron chi connectivity index (χ0n) is 12.5. The fraction of sp³-hybridized carbons (Fsp3) is 0.235. The molecule has 114 valence electrons. The zero-order chi connectivity index (χ0) is 15.5. The van der Waals surface area contributed by atoms with E-state index < -0.39 is 0 Å². The van der Waals surface area contributed by atoms with Crippen molar-refractivity contribution in [1.82, 2.24) is 5.43 Å². The first-order valence-electron chi connectivity index (χ1n) is 7.05. The van der Waals surface area contributed by atoms with E-state index in [-0.39, 0.29) is 11.8 Å². The summed E-state index contributed by atoms with van der Waals surface area (Å²) in [7, 11) is 3.22. The minimum absolute atomic E-state index is 0.0238. The lowest BCUT2D eigenvalue weighted by Crippen LogP contribution is -2.10. The summed E-state index contributed by atoms with van der Waals surface area (Å²) in [6, 6.07) is 13.0. The van der Waals surface area contributed by atoms with Gasteiger partial charge >= 0.3 is 0 Å². The number of hydrogen-bond donors (Lipinski definition) is 2. The molecule has 0 unspecified atom stereocenters. The summed E-state index contributed by atoms with van der Waals surface area (Å²) in [5, 5.41) is 14.3. The fourth-order valence-corrected chi connectivity index (χ4v) is 2.60. The van der Waals surface area contributed by atoms with Crippen LogP contribution in [0.3, 0.4) is 0 Å². The van der Waals surface area contributed by atoms with E-state index in [9.17, 15) is 5.11 Å². The molecule has 22 heavy (non-hydrogen) atoms. The third kappa shape index (κ3) is 2.57. The van der Waals surface area contributed by atoms with Crippen molar-refractivity contribution in [1.29, 1.82) is 0 Å². The summed E-state index contributed by atoms with van der Waals surface area (Å²) in [5.74, 6) is 1.65. The molecular weight excluding hydrogens is 280 g/mol. The van der Waals surface area contributed by atoms with Crippen molar-refractivity contribution >= 4 is 5.71 Å². The van der Waals surface area contributed by atoms with Gasteiger partial charge in [-0.05, 0) is 24.3 Å². The molecule has 0 spiro atoms. The highest BCUT2D eigenvalue weighted by Gasteiger charge is 2.23. The van der Waals surface area contributed by atoms with Gasteiger partial charge in [-0.1, -0.05) is 18.2 Å². The maximum Gasteiger partial charge on any atom is 0.161 e. The van der Waals surface area contributed by atoms with Gasteiger partial charge in [0.15, 0.2) is 11.5 Å². The maximum absolute atomic E-state index is 9.95. The third-order valence-corrected chi connectivity index (χ3v) is 3.78. The number of methoxy groups -OCH3 is 2. The lowest BCUT2D eigenvalue weighted by atomic mass is 9.98. The monoisotopic (exact) mass is 298 g/mol. The number of ether oxygens (including phenoxy) is 2. The summed E-state index contributed by atoms with van der Waals surface area (Å²) in [5.41, 5.74) is 5.83. The van der Waals surface area contributed by atoms with Crippen LogP contribution in [0.15, 0.2) is 47.6 Å². The molecule has 2 N–H and O–H groups in total. The van der Waals surface area contributed by atoms with Gasteiger partial charge in [-0.2, -0.15) is 5.10 Å². The predicted molar refractivity (Wildman–Crippen MR) is 84.7 cm³/mol. The highest BCUT2D eigenvalue weighted by molar-refractivity contribution is 6.02. The van der Waals surface area contributed by atoms with Crippen LogP contribution in [0.25, 0.3) is 0 Å². The molecule has 1 atom stereocenters. The molecule has 0 aliphatic carbocycles. The highest BCUT2D eigenvalue weighted by atomic mass is 16.5. The summed E-state index contributed by atoms with van der Waals surface area (Å²) in [4.78, 5) is 0. The highest BCUT2D eigenvalue weighted by Crippen LogP contribution is 2.33. The molecule has 0 saturated heterocycles. The topological polar surface area (TPSA) is 63.1 Å². The second kappa shape index (κ2) is 5.97. The Kier molecular flexibility index (Phi) is 3.87. The van der Waals surface area contributed by atoms with E-state index in [2.05, 4.69) is 10.5 Å². The largest absolute Gasteiger partial charge is 0.508 e. The Labute approximate surface area is 129 Å². The van der Waals surface area contributed by atoms with E-state index in [1.807, 2.05) is 36.4 Å². The molecule has 2 aromatic rings. The van der Waals surface area contributed by atoms with Gasteiger partial charge in [0, 0.05) is 17.5 Å². The smallest absolute Gasteiger partial charge is 0.161 e. The Morgan fingerprint density at radius 3 is 2.59 bits per heavy atom. The molecule has 0 fully saturated rings. The van der Waals surface area contributed by atoms with Crippen molar-refractivity contribution in [3.63, 3.8) is 0 Å². The lowest BCUT2D eigenvalue weighted by molar-refractivity contribution is 0.355. The van der Waals surface area contributed by atoms with Crippen LogP contribution in [-0.4, -0.2) is 25.0 Å². The molecule has 0 bridgehead atoms. The van der Waals surface area contributed by atoms with Crippen LogP contribution in [0.4, 0.5) is 0 Å². The Balaban J connectivity index is 1.82. The number of nitrogens with zero attached hydrogens (tertiary/aromatic N) is 1. The number of benzene rings is 2. The molecule has 1 heterocycles. The van der Waals surface area contributed by atoms with Crippen molar-refractivity contribution in [3.05, 3.63) is 53.6 Å². The molecule has 0 saturated carbocycles. The van der Waals surface area contributed by atoms with E-state index in [1.54, 1.807) is 20.3 Å². The molecule has 5 nitrogen and oxygen atoms in total. The van der Waals surface area contributed by atoms with Crippen LogP contribution in [-0.2, 0) is 0 Å². The number of rotatable bonds is 4. The van der Waals surface area contributed by atoms with Crippen molar-refractivity contribution < 1.29 is 14.6 Å². The summed E-state index contributed by atoms with van der Waals surface area (Å²) < 4.78 is 10.6. The number of phenols is 1. The summed E-state index contributed by atoms with van der Waals surface area (Å²) >= 11 is 0. The van der Waals surface area contributed by atoms with Gasteiger partial charge in [0.05, 0.1) is 26.0 Å². The molecular formula is C17H18N2O3. The standard InChI is InChI=1S/C17H18N2O3/c1-21-16-8-7-11(9-17(16)22-2)13-10-14(19-18-13)12-5-3-4-6-15(12)20/h3-9,14,19-20H,10H2,1-2H3/t14-/m1/s1. The number of phenolic OH excluding ortho intramolecular Hbond substituents is 1. The Morgan fingerprint density at radius 1 is 1.09 bits per heavy atom. The second-order valence-electron chi connectivity index (χ2n) is 5.07. The van der Waals surface area contributed by atoms with Crippen LogP contribution < -0.4 is 14.9 Å². The maximum atomic E-state index is 9.95. The van der Waals surface area contributed by atoms with Crippen molar-refractivity contribution in [2.75, 3.05) is 14.2 Å². The van der Waals surface area contributed by atoms with E-state index in [0.717, 1.165) is 16.8 Å². The number of hydrogen-bond acceptors (Lipinski definition) is 5. The quantitative estimate of drug-likeness (QED) is 0.911. The molecule has 0 aromatic heterocycles. The Bertz CT molecular complexity index is 713. The van der Waals surface area contributed by atoms with Gasteiger partial charge < -0.3 is 20.0 Å². The van der Waals surface area contributed by atoms with E-state index >= 15 is 0 Å². The first-order chi connectivity index (χ1) is 10.7. The molecule has 1 aliphatic rings. The lowest BCUT2D eigenvalue weighted by Gasteiger charge is -2.12. The van der Waals surface area contributed by atoms with Gasteiger partial charge in [-0.3, -0.25) is 0 Å². The van der Waals surface area contributed by atoms with Crippen molar-refractivity contribution in [3.8, 4) is 17.2 Å². The van der Waals surface area contributed by atoms with Crippen LogP contribution >= 0.6 is 0 Å². The minimum atomic E-state index is -0.0238. The number of para-hydroxylation sites is 1. The molecule has 1 aliphatic heterocycles. The van der Waals surface area contributed by atoms with Crippen molar-refractivity contribution in [2.45, 2.75) is 12.5 Å². The normalized spacial score (nSPS) is 16.8. The Hall–Kier alpha value is -2.69. The van der Waals surface area contributed by atoms with Gasteiger partial charge in [-0.15, -0.1) is 0 Å². The molecule has 2 aromatic carbocycles. The molecule has 3 rings (SSSR count). The first-order valence-corrected chi connectivity index (χ1v) is 7.05. The molecule has 0 radical (unpaired) electrons. The van der Waals surface area contributed by atoms with Gasteiger partial charge in [-0.25, -0.2) is 0 Å². The summed E-state index contributed by atoms with van der Waals surface area (Å²) in [6.45, 7) is 0. The van der Waals surface area contributed by atoms with Crippen molar-refractivity contribution in [2.24, 2.45) is 5.10 Å². The van der Waals surface area contributed by atoms with Crippen LogP contribution in [0.2, 0.25) is 0 Å². The number of hydrazone groups is 1. The van der Waals surface area contributed by atoms with Crippen LogP contribution in [0, 0.1) is 0 Å². The third-order valence-electron chi connectivity index (χ3n) is 3.78. The van der Waals surface area contributed by atoms with Gasteiger partial charge in [0.25, 0.3) is 0 Å². The van der Waals surface area contributed by atoms with E-state index in [1.165, 1.54) is 0 Å². The molecule has 5 heteroatoms. The van der Waals surface area contributed by atoms with Gasteiger partial charge in [0.2, 0.25) is 0 Å². The molecule has 0 amide bonds. The number of aromatic hydroxyl groups is 1. The average Bonchev–Trinajstić information content (AvgIpc) is 3.04. The fourth-order valence-electron chi connectivity index (χ4n) is 2.60. The predicted octanol–water partition coefficient (Wildman–Crippen LogP) is 2.85. The zero-order valence-corrected chi connectivity index (χ0v) is 12.5. The Morgan fingerprint density at radius 2 is 1.86 bits per heavy atom. The van der Waals surface area contributed by atoms with Crippen LogP contribution in [0.1, 0.15) is 23.6 Å². The minimum Gasteiger partial charge on any atom is -0.508 e. The average molecular weight is 298 g/mol. The van der Waals surface area contributed by atoms with Crippen LogP contribution in [0.5, 0.6) is 17.2 Å². The van der Waals surface area contributed by atoms with E-state index in [0.29, 0.717) is 17.9 Å².